The minimum Gasteiger partial charge on any atom is -0.484 e. The minimum absolute atomic E-state index is 0.000415. The zero-order valence-electron chi connectivity index (χ0n) is 10.2. The van der Waals surface area contributed by atoms with Crippen LogP contribution in [0.2, 0.25) is 0 Å². The molecule has 2 rings (SSSR count). The third-order valence-electron chi connectivity index (χ3n) is 3.15. The van der Waals surface area contributed by atoms with Crippen LogP contribution in [-0.2, 0) is 4.79 Å². The molecule has 0 spiro atoms. The molecule has 5 heteroatoms. The predicted molar refractivity (Wildman–Crippen MR) is 68.2 cm³/mol. The summed E-state index contributed by atoms with van der Waals surface area (Å²) in [4.78, 5) is 13.6. The number of aliphatic hydroxyl groups excluding tert-OH is 1. The maximum atomic E-state index is 11.9. The summed E-state index contributed by atoms with van der Waals surface area (Å²) in [7, 11) is 0. The first-order valence-electron chi connectivity index (χ1n) is 6.09. The smallest absolute Gasteiger partial charge is 0.260 e. The summed E-state index contributed by atoms with van der Waals surface area (Å²) in [5.41, 5.74) is 6.22. The molecule has 0 saturated carbocycles. The fraction of sp³-hybridized carbons (Fsp3) is 0.462. The SMILES string of the molecule is Nc1ccc(OCC(=O)N2CCC[C@H]2CO)cc1. The van der Waals surface area contributed by atoms with Crippen molar-refractivity contribution in [3.05, 3.63) is 24.3 Å². The monoisotopic (exact) mass is 250 g/mol. The zero-order valence-corrected chi connectivity index (χ0v) is 10.2. The van der Waals surface area contributed by atoms with Crippen molar-refractivity contribution in [2.24, 2.45) is 0 Å². The van der Waals surface area contributed by atoms with Gasteiger partial charge in [0.25, 0.3) is 5.91 Å². The second-order valence-corrected chi connectivity index (χ2v) is 4.42. The second-order valence-electron chi connectivity index (χ2n) is 4.42. The molecular formula is C13H18N2O3. The number of amides is 1. The van der Waals surface area contributed by atoms with Crippen LogP contribution >= 0.6 is 0 Å². The summed E-state index contributed by atoms with van der Waals surface area (Å²) >= 11 is 0. The van der Waals surface area contributed by atoms with E-state index in [1.54, 1.807) is 29.2 Å². The Kier molecular flexibility index (Phi) is 4.04. The van der Waals surface area contributed by atoms with E-state index in [0.29, 0.717) is 18.0 Å². The molecule has 1 saturated heterocycles. The van der Waals surface area contributed by atoms with Crippen LogP contribution in [-0.4, -0.2) is 41.7 Å². The lowest BCUT2D eigenvalue weighted by atomic mass is 10.2. The molecule has 0 aromatic heterocycles. The number of hydrogen-bond acceptors (Lipinski definition) is 4. The molecule has 0 radical (unpaired) electrons. The van der Waals surface area contributed by atoms with Gasteiger partial charge in [0, 0.05) is 12.2 Å². The number of carbonyl (C=O) groups is 1. The number of nitrogens with zero attached hydrogens (tertiary/aromatic N) is 1. The van der Waals surface area contributed by atoms with Gasteiger partial charge in [-0.2, -0.15) is 0 Å². The molecule has 98 valence electrons. The molecule has 0 aliphatic carbocycles. The summed E-state index contributed by atoms with van der Waals surface area (Å²) in [6.07, 6.45) is 1.81. The van der Waals surface area contributed by atoms with Crippen LogP contribution in [0.3, 0.4) is 0 Å². The summed E-state index contributed by atoms with van der Waals surface area (Å²) in [5, 5.41) is 9.15. The number of rotatable bonds is 4. The molecule has 1 aliphatic heterocycles. The maximum absolute atomic E-state index is 11.9. The maximum Gasteiger partial charge on any atom is 0.260 e. The molecule has 1 aliphatic rings. The van der Waals surface area contributed by atoms with E-state index in [1.807, 2.05) is 0 Å². The van der Waals surface area contributed by atoms with E-state index in [-0.39, 0.29) is 25.2 Å². The van der Waals surface area contributed by atoms with Gasteiger partial charge < -0.3 is 20.5 Å². The van der Waals surface area contributed by atoms with Crippen molar-refractivity contribution in [1.82, 2.24) is 4.90 Å². The van der Waals surface area contributed by atoms with E-state index in [0.717, 1.165) is 12.8 Å². The molecule has 1 amide bonds. The predicted octanol–water partition coefficient (Wildman–Crippen LogP) is 0.631. The highest BCUT2D eigenvalue weighted by atomic mass is 16.5. The van der Waals surface area contributed by atoms with Gasteiger partial charge in [-0.15, -0.1) is 0 Å². The van der Waals surface area contributed by atoms with Gasteiger partial charge in [-0.05, 0) is 37.1 Å². The topological polar surface area (TPSA) is 75.8 Å². The molecule has 1 heterocycles. The van der Waals surface area contributed by atoms with Crippen molar-refractivity contribution in [2.75, 3.05) is 25.5 Å². The summed E-state index contributed by atoms with van der Waals surface area (Å²) in [6, 6.07) is 6.87. The van der Waals surface area contributed by atoms with E-state index in [9.17, 15) is 4.79 Å². The molecule has 3 N–H and O–H groups in total. The number of nitrogen functional groups attached to an aromatic ring is 1. The highest BCUT2D eigenvalue weighted by Crippen LogP contribution is 2.18. The normalized spacial score (nSPS) is 18.9. The first-order valence-corrected chi connectivity index (χ1v) is 6.09. The van der Waals surface area contributed by atoms with Crippen molar-refractivity contribution in [1.29, 1.82) is 0 Å². The molecule has 1 aromatic carbocycles. The molecule has 0 bridgehead atoms. The molecule has 1 aromatic rings. The van der Waals surface area contributed by atoms with Crippen LogP contribution in [0, 0.1) is 0 Å². The number of hydrogen-bond donors (Lipinski definition) is 2. The highest BCUT2D eigenvalue weighted by molar-refractivity contribution is 5.78. The Morgan fingerprint density at radius 1 is 1.44 bits per heavy atom. The Labute approximate surface area is 106 Å². The summed E-state index contributed by atoms with van der Waals surface area (Å²) < 4.78 is 5.40. The van der Waals surface area contributed by atoms with Crippen molar-refractivity contribution in [3.63, 3.8) is 0 Å². The van der Waals surface area contributed by atoms with Crippen LogP contribution in [0.5, 0.6) is 5.75 Å². The van der Waals surface area contributed by atoms with E-state index in [1.165, 1.54) is 0 Å². The number of benzene rings is 1. The van der Waals surface area contributed by atoms with E-state index < -0.39 is 0 Å². The largest absolute Gasteiger partial charge is 0.484 e. The highest BCUT2D eigenvalue weighted by Gasteiger charge is 2.27. The Balaban J connectivity index is 1.86. The van der Waals surface area contributed by atoms with Gasteiger partial charge in [0.05, 0.1) is 12.6 Å². The number of nitrogens with two attached hydrogens (primary N) is 1. The van der Waals surface area contributed by atoms with Gasteiger partial charge in [-0.25, -0.2) is 0 Å². The second kappa shape index (κ2) is 5.73. The molecule has 1 atom stereocenters. The summed E-state index contributed by atoms with van der Waals surface area (Å²) in [6.45, 7) is 0.725. The third kappa shape index (κ3) is 2.92. The van der Waals surface area contributed by atoms with Gasteiger partial charge in [-0.3, -0.25) is 4.79 Å². The minimum atomic E-state index is -0.0802. The number of aliphatic hydroxyl groups is 1. The van der Waals surface area contributed by atoms with Gasteiger partial charge in [0.1, 0.15) is 5.75 Å². The fourth-order valence-corrected chi connectivity index (χ4v) is 2.15. The molecule has 5 nitrogen and oxygen atoms in total. The average Bonchev–Trinajstić information content (AvgIpc) is 2.86. The Morgan fingerprint density at radius 2 is 2.17 bits per heavy atom. The molecule has 0 unspecified atom stereocenters. The number of ether oxygens (including phenoxy) is 1. The molecule has 18 heavy (non-hydrogen) atoms. The van der Waals surface area contributed by atoms with Crippen LogP contribution < -0.4 is 10.5 Å². The Bertz CT molecular complexity index is 405. The zero-order chi connectivity index (χ0) is 13.0. The lowest BCUT2D eigenvalue weighted by Gasteiger charge is -2.22. The Morgan fingerprint density at radius 3 is 2.83 bits per heavy atom. The standard InChI is InChI=1S/C13H18N2O3/c14-10-3-5-12(6-4-10)18-9-13(17)15-7-1-2-11(15)8-16/h3-6,11,16H,1-2,7-9,14H2/t11-/m0/s1. The first-order chi connectivity index (χ1) is 8.70. The van der Waals surface area contributed by atoms with Gasteiger partial charge in [-0.1, -0.05) is 0 Å². The van der Waals surface area contributed by atoms with Gasteiger partial charge >= 0.3 is 0 Å². The third-order valence-corrected chi connectivity index (χ3v) is 3.15. The quantitative estimate of drug-likeness (QED) is 0.769. The lowest BCUT2D eigenvalue weighted by Crippen LogP contribution is -2.40. The number of anilines is 1. The van der Waals surface area contributed by atoms with Crippen LogP contribution in [0.25, 0.3) is 0 Å². The first kappa shape index (κ1) is 12.7. The van der Waals surface area contributed by atoms with Crippen LogP contribution in [0.4, 0.5) is 5.69 Å². The van der Waals surface area contributed by atoms with Gasteiger partial charge in [0.2, 0.25) is 0 Å². The number of carbonyl (C=O) groups excluding carboxylic acids is 1. The molecule has 1 fully saturated rings. The van der Waals surface area contributed by atoms with Crippen LogP contribution in [0.1, 0.15) is 12.8 Å². The van der Waals surface area contributed by atoms with Crippen molar-refractivity contribution in [2.45, 2.75) is 18.9 Å². The van der Waals surface area contributed by atoms with Crippen molar-refractivity contribution >= 4 is 11.6 Å². The van der Waals surface area contributed by atoms with E-state index in [4.69, 9.17) is 15.6 Å². The van der Waals surface area contributed by atoms with Crippen LogP contribution in [0.15, 0.2) is 24.3 Å². The van der Waals surface area contributed by atoms with Crippen molar-refractivity contribution < 1.29 is 14.6 Å². The van der Waals surface area contributed by atoms with E-state index >= 15 is 0 Å². The average molecular weight is 250 g/mol. The number of likely N-dealkylation sites (tertiary alicyclic amines) is 1. The van der Waals surface area contributed by atoms with E-state index in [2.05, 4.69) is 0 Å². The van der Waals surface area contributed by atoms with Crippen molar-refractivity contribution in [3.8, 4) is 5.75 Å². The lowest BCUT2D eigenvalue weighted by molar-refractivity contribution is -0.134. The van der Waals surface area contributed by atoms with Gasteiger partial charge in [0.15, 0.2) is 6.61 Å². The summed E-state index contributed by atoms with van der Waals surface area (Å²) in [5.74, 6) is 0.542. The molecular weight excluding hydrogens is 232 g/mol. The fourth-order valence-electron chi connectivity index (χ4n) is 2.15. The Hall–Kier alpha value is -1.75.